The quantitative estimate of drug-likeness (QED) is 0.318. The third-order valence-electron chi connectivity index (χ3n) is 3.69. The standard InChI is InChI=1S/C16H20O9/c1-23-9-4-2-3-8(5-9)6-10(15(21)22)24-16-14(20)13(19)12(18)11(7-17)25-16/h2-6,11-14,16-20H,7H2,1H3,(H,21,22)/t11-,12+,13+,14-,16-/m0/s1. The van der Waals surface area contributed by atoms with Gasteiger partial charge in [-0.15, -0.1) is 0 Å². The highest BCUT2D eigenvalue weighted by Gasteiger charge is 2.45. The normalized spacial score (nSPS) is 30.0. The summed E-state index contributed by atoms with van der Waals surface area (Å²) in [6, 6.07) is 6.51. The second-order valence-electron chi connectivity index (χ2n) is 5.41. The van der Waals surface area contributed by atoms with Crippen molar-refractivity contribution in [2.24, 2.45) is 0 Å². The van der Waals surface area contributed by atoms with Crippen molar-refractivity contribution >= 4 is 12.0 Å². The molecule has 2 rings (SSSR count). The number of hydrogen-bond acceptors (Lipinski definition) is 8. The molecule has 9 heteroatoms. The molecule has 0 aliphatic carbocycles. The Balaban J connectivity index is 2.23. The van der Waals surface area contributed by atoms with E-state index in [1.54, 1.807) is 24.3 Å². The van der Waals surface area contributed by atoms with E-state index < -0.39 is 49.0 Å². The van der Waals surface area contributed by atoms with Crippen molar-refractivity contribution in [3.63, 3.8) is 0 Å². The van der Waals surface area contributed by atoms with Crippen LogP contribution in [0, 0.1) is 0 Å². The van der Waals surface area contributed by atoms with E-state index in [1.807, 2.05) is 0 Å². The minimum Gasteiger partial charge on any atom is -0.497 e. The molecule has 0 aromatic heterocycles. The molecule has 0 bridgehead atoms. The molecule has 1 aliphatic rings. The number of rotatable bonds is 6. The van der Waals surface area contributed by atoms with Crippen LogP contribution in [-0.2, 0) is 14.3 Å². The molecule has 1 aromatic rings. The van der Waals surface area contributed by atoms with Crippen molar-refractivity contribution in [2.75, 3.05) is 13.7 Å². The van der Waals surface area contributed by atoms with Crippen LogP contribution in [0.1, 0.15) is 5.56 Å². The number of carboxylic acid groups (broad SMARTS) is 1. The summed E-state index contributed by atoms with van der Waals surface area (Å²) < 4.78 is 15.3. The lowest BCUT2D eigenvalue weighted by molar-refractivity contribution is -0.291. The summed E-state index contributed by atoms with van der Waals surface area (Å²) in [5, 5.41) is 47.8. The zero-order valence-corrected chi connectivity index (χ0v) is 13.3. The van der Waals surface area contributed by atoms with Gasteiger partial charge < -0.3 is 39.7 Å². The summed E-state index contributed by atoms with van der Waals surface area (Å²) in [7, 11) is 1.46. The molecule has 9 nitrogen and oxygen atoms in total. The molecular formula is C16H20O9. The molecule has 5 atom stereocenters. The number of methoxy groups -OCH3 is 1. The van der Waals surface area contributed by atoms with Crippen molar-refractivity contribution in [2.45, 2.75) is 30.7 Å². The Kier molecular flexibility index (Phi) is 6.34. The van der Waals surface area contributed by atoms with E-state index in [9.17, 15) is 25.2 Å². The van der Waals surface area contributed by atoms with E-state index in [0.717, 1.165) is 0 Å². The van der Waals surface area contributed by atoms with E-state index in [1.165, 1.54) is 13.2 Å². The lowest BCUT2D eigenvalue weighted by atomic mass is 9.99. The average Bonchev–Trinajstić information content (AvgIpc) is 2.61. The number of aliphatic carboxylic acids is 1. The van der Waals surface area contributed by atoms with Crippen molar-refractivity contribution in [1.29, 1.82) is 0 Å². The molecule has 0 unspecified atom stereocenters. The molecule has 1 heterocycles. The molecule has 138 valence electrons. The summed E-state index contributed by atoms with van der Waals surface area (Å²) in [6.45, 7) is -0.646. The number of benzene rings is 1. The minimum absolute atomic E-state index is 0.460. The maximum atomic E-state index is 11.4. The highest BCUT2D eigenvalue weighted by atomic mass is 16.7. The van der Waals surface area contributed by atoms with Crippen LogP contribution in [0.2, 0.25) is 0 Å². The van der Waals surface area contributed by atoms with Gasteiger partial charge in [0.25, 0.3) is 0 Å². The van der Waals surface area contributed by atoms with Gasteiger partial charge in [-0.3, -0.25) is 0 Å². The number of hydrogen-bond donors (Lipinski definition) is 5. The Hall–Kier alpha value is -2.17. The minimum atomic E-state index is -1.70. The number of ether oxygens (including phenoxy) is 3. The summed E-state index contributed by atoms with van der Waals surface area (Å²) >= 11 is 0. The van der Waals surface area contributed by atoms with E-state index >= 15 is 0 Å². The lowest BCUT2D eigenvalue weighted by Gasteiger charge is -2.39. The summed E-state index contributed by atoms with van der Waals surface area (Å²) in [5.41, 5.74) is 0.460. The Morgan fingerprint density at radius 1 is 1.24 bits per heavy atom. The number of aliphatic hydroxyl groups excluding tert-OH is 4. The van der Waals surface area contributed by atoms with Crippen molar-refractivity contribution < 1.29 is 44.5 Å². The van der Waals surface area contributed by atoms with Gasteiger partial charge in [0.1, 0.15) is 30.2 Å². The van der Waals surface area contributed by atoms with Gasteiger partial charge in [-0.05, 0) is 23.8 Å². The predicted octanol–water partition coefficient (Wildman–Crippen LogP) is -1.06. The first-order chi connectivity index (χ1) is 11.9. The Morgan fingerprint density at radius 2 is 1.96 bits per heavy atom. The zero-order valence-electron chi connectivity index (χ0n) is 13.3. The van der Waals surface area contributed by atoms with Gasteiger partial charge >= 0.3 is 5.97 Å². The third kappa shape index (κ3) is 4.47. The van der Waals surface area contributed by atoms with Gasteiger partial charge in [0, 0.05) is 0 Å². The van der Waals surface area contributed by atoms with Gasteiger partial charge in [-0.25, -0.2) is 4.79 Å². The van der Waals surface area contributed by atoms with Crippen LogP contribution in [0.15, 0.2) is 30.0 Å². The van der Waals surface area contributed by atoms with Crippen LogP contribution in [0.4, 0.5) is 0 Å². The van der Waals surface area contributed by atoms with Crippen molar-refractivity contribution in [3.8, 4) is 5.75 Å². The van der Waals surface area contributed by atoms with E-state index in [-0.39, 0.29) is 0 Å². The zero-order chi connectivity index (χ0) is 18.6. The summed E-state index contributed by atoms with van der Waals surface area (Å²) in [6.07, 6.45) is -6.52. The van der Waals surface area contributed by atoms with Gasteiger partial charge in [0.05, 0.1) is 13.7 Å². The molecule has 0 spiro atoms. The second kappa shape index (κ2) is 8.28. The van der Waals surface area contributed by atoms with E-state index in [2.05, 4.69) is 0 Å². The maximum Gasteiger partial charge on any atom is 0.371 e. The molecule has 0 saturated carbocycles. The fraction of sp³-hybridized carbons (Fsp3) is 0.438. The first-order valence-electron chi connectivity index (χ1n) is 7.43. The molecule has 1 aliphatic heterocycles. The fourth-order valence-electron chi connectivity index (χ4n) is 2.32. The highest BCUT2D eigenvalue weighted by molar-refractivity contribution is 5.89. The molecule has 1 fully saturated rings. The predicted molar refractivity (Wildman–Crippen MR) is 83.5 cm³/mol. The van der Waals surface area contributed by atoms with Crippen molar-refractivity contribution in [3.05, 3.63) is 35.6 Å². The van der Waals surface area contributed by atoms with Crippen LogP contribution < -0.4 is 4.74 Å². The molecule has 0 radical (unpaired) electrons. The molecule has 5 N–H and O–H groups in total. The molecule has 1 aromatic carbocycles. The fourth-order valence-corrected chi connectivity index (χ4v) is 2.32. The maximum absolute atomic E-state index is 11.4. The molecule has 0 amide bonds. The first-order valence-corrected chi connectivity index (χ1v) is 7.43. The summed E-state index contributed by atoms with van der Waals surface area (Å²) in [4.78, 5) is 11.4. The Labute approximate surface area is 143 Å². The largest absolute Gasteiger partial charge is 0.497 e. The Bertz CT molecular complexity index is 628. The van der Waals surface area contributed by atoms with Gasteiger partial charge in [0.15, 0.2) is 0 Å². The van der Waals surface area contributed by atoms with Gasteiger partial charge in [0.2, 0.25) is 12.0 Å². The van der Waals surface area contributed by atoms with Crippen LogP contribution in [0.5, 0.6) is 5.75 Å². The summed E-state index contributed by atoms with van der Waals surface area (Å²) in [5.74, 6) is -1.48. The number of carboxylic acids is 1. The second-order valence-corrected chi connectivity index (χ2v) is 5.41. The first kappa shape index (κ1) is 19.2. The third-order valence-corrected chi connectivity index (χ3v) is 3.69. The van der Waals surface area contributed by atoms with Crippen LogP contribution in [-0.4, -0.2) is 75.9 Å². The Morgan fingerprint density at radius 3 is 2.56 bits per heavy atom. The molecule has 25 heavy (non-hydrogen) atoms. The highest BCUT2D eigenvalue weighted by Crippen LogP contribution is 2.25. The van der Waals surface area contributed by atoms with Crippen molar-refractivity contribution in [1.82, 2.24) is 0 Å². The SMILES string of the molecule is COc1cccc(C=C(O[C@H]2O[C@@H](CO)[C@@H](O)[C@@H](O)[C@@H]2O)C(=O)O)c1. The van der Waals surface area contributed by atoms with E-state index in [0.29, 0.717) is 11.3 Å². The molecule has 1 saturated heterocycles. The topological polar surface area (TPSA) is 146 Å². The van der Waals surface area contributed by atoms with Crippen LogP contribution in [0.3, 0.4) is 0 Å². The number of aliphatic hydroxyl groups is 4. The van der Waals surface area contributed by atoms with Gasteiger partial charge in [-0.1, -0.05) is 12.1 Å². The van der Waals surface area contributed by atoms with E-state index in [4.69, 9.17) is 19.3 Å². The number of carbonyl (C=O) groups is 1. The lowest BCUT2D eigenvalue weighted by Crippen LogP contribution is -2.59. The molecular weight excluding hydrogens is 336 g/mol. The monoisotopic (exact) mass is 356 g/mol. The average molecular weight is 356 g/mol. The smallest absolute Gasteiger partial charge is 0.371 e. The van der Waals surface area contributed by atoms with Crippen LogP contribution >= 0.6 is 0 Å². The van der Waals surface area contributed by atoms with Gasteiger partial charge in [-0.2, -0.15) is 0 Å². The van der Waals surface area contributed by atoms with Crippen LogP contribution in [0.25, 0.3) is 6.08 Å².